The number of ether oxygens (including phenoxy) is 2. The van der Waals surface area contributed by atoms with E-state index in [1.807, 2.05) is 12.1 Å². The standard InChI is InChI=1S/C14H21NO2/c1-10-3-6-14(16-2)12(7-10)13(15)9-17-8-11-4-5-11/h3,6-7,11,13H,4-5,8-9,15H2,1-2H3. The third-order valence-electron chi connectivity index (χ3n) is 3.13. The van der Waals surface area contributed by atoms with Crippen molar-refractivity contribution in [3.63, 3.8) is 0 Å². The summed E-state index contributed by atoms with van der Waals surface area (Å²) in [5.74, 6) is 1.62. The van der Waals surface area contributed by atoms with Gasteiger partial charge >= 0.3 is 0 Å². The molecule has 0 radical (unpaired) electrons. The van der Waals surface area contributed by atoms with Gasteiger partial charge in [-0.15, -0.1) is 0 Å². The molecule has 1 aliphatic carbocycles. The molecule has 0 aromatic heterocycles. The highest BCUT2D eigenvalue weighted by molar-refractivity contribution is 5.39. The minimum Gasteiger partial charge on any atom is -0.496 e. The minimum atomic E-state index is -0.108. The second-order valence-corrected chi connectivity index (χ2v) is 4.83. The first-order valence-corrected chi connectivity index (χ1v) is 6.18. The molecule has 3 heteroatoms. The van der Waals surface area contributed by atoms with Crippen LogP contribution in [0.15, 0.2) is 18.2 Å². The van der Waals surface area contributed by atoms with E-state index in [9.17, 15) is 0 Å². The van der Waals surface area contributed by atoms with Gasteiger partial charge in [0.2, 0.25) is 0 Å². The molecule has 2 rings (SSSR count). The van der Waals surface area contributed by atoms with Gasteiger partial charge in [-0.25, -0.2) is 0 Å². The summed E-state index contributed by atoms with van der Waals surface area (Å²) in [7, 11) is 1.67. The summed E-state index contributed by atoms with van der Waals surface area (Å²) >= 11 is 0. The molecular weight excluding hydrogens is 214 g/mol. The van der Waals surface area contributed by atoms with Crippen LogP contribution in [0, 0.1) is 12.8 Å². The fraction of sp³-hybridized carbons (Fsp3) is 0.571. The first kappa shape index (κ1) is 12.4. The normalized spacial score (nSPS) is 16.9. The molecule has 1 aromatic carbocycles. The quantitative estimate of drug-likeness (QED) is 0.823. The highest BCUT2D eigenvalue weighted by Crippen LogP contribution is 2.30. The van der Waals surface area contributed by atoms with Gasteiger partial charge in [-0.05, 0) is 31.7 Å². The SMILES string of the molecule is COc1ccc(C)cc1C(N)COCC1CC1. The summed E-state index contributed by atoms with van der Waals surface area (Å²) in [5, 5.41) is 0. The summed E-state index contributed by atoms with van der Waals surface area (Å²) in [6.07, 6.45) is 2.62. The molecule has 0 bridgehead atoms. The molecule has 17 heavy (non-hydrogen) atoms. The lowest BCUT2D eigenvalue weighted by atomic mass is 10.0. The zero-order valence-electron chi connectivity index (χ0n) is 10.6. The Balaban J connectivity index is 1.95. The molecule has 94 valence electrons. The summed E-state index contributed by atoms with van der Waals surface area (Å²) in [6, 6.07) is 5.96. The van der Waals surface area contributed by atoms with Crippen LogP contribution < -0.4 is 10.5 Å². The van der Waals surface area contributed by atoms with Crippen LogP contribution in [0.25, 0.3) is 0 Å². The lowest BCUT2D eigenvalue weighted by Gasteiger charge is -2.16. The van der Waals surface area contributed by atoms with Gasteiger partial charge in [-0.1, -0.05) is 17.7 Å². The summed E-state index contributed by atoms with van der Waals surface area (Å²) in [5.41, 5.74) is 8.37. The van der Waals surface area contributed by atoms with E-state index in [-0.39, 0.29) is 6.04 Å². The van der Waals surface area contributed by atoms with E-state index in [0.29, 0.717) is 6.61 Å². The van der Waals surface area contributed by atoms with Gasteiger partial charge in [0.25, 0.3) is 0 Å². The number of benzene rings is 1. The van der Waals surface area contributed by atoms with Crippen LogP contribution in [-0.4, -0.2) is 20.3 Å². The lowest BCUT2D eigenvalue weighted by Crippen LogP contribution is -2.18. The molecule has 1 atom stereocenters. The van der Waals surface area contributed by atoms with Crippen LogP contribution in [0.4, 0.5) is 0 Å². The largest absolute Gasteiger partial charge is 0.496 e. The Labute approximate surface area is 103 Å². The van der Waals surface area contributed by atoms with E-state index in [2.05, 4.69) is 13.0 Å². The molecule has 0 spiro atoms. The summed E-state index contributed by atoms with van der Waals surface area (Å²) in [6.45, 7) is 3.47. The average Bonchev–Trinajstić information content (AvgIpc) is 3.13. The first-order chi connectivity index (χ1) is 8.20. The number of hydrogen-bond acceptors (Lipinski definition) is 3. The molecule has 0 aliphatic heterocycles. The van der Waals surface area contributed by atoms with Crippen LogP contribution in [-0.2, 0) is 4.74 Å². The van der Waals surface area contributed by atoms with Gasteiger partial charge in [-0.3, -0.25) is 0 Å². The molecule has 3 nitrogen and oxygen atoms in total. The molecule has 1 fully saturated rings. The zero-order chi connectivity index (χ0) is 12.3. The number of rotatable bonds is 6. The molecule has 1 saturated carbocycles. The van der Waals surface area contributed by atoms with Crippen LogP contribution in [0.1, 0.15) is 30.0 Å². The number of methoxy groups -OCH3 is 1. The molecular formula is C14H21NO2. The minimum absolute atomic E-state index is 0.108. The maximum Gasteiger partial charge on any atom is 0.123 e. The Morgan fingerprint density at radius 1 is 1.41 bits per heavy atom. The van der Waals surface area contributed by atoms with Crippen molar-refractivity contribution in [2.45, 2.75) is 25.8 Å². The van der Waals surface area contributed by atoms with Crippen molar-refractivity contribution >= 4 is 0 Å². The fourth-order valence-electron chi connectivity index (χ4n) is 1.88. The van der Waals surface area contributed by atoms with E-state index in [0.717, 1.165) is 23.8 Å². The highest BCUT2D eigenvalue weighted by atomic mass is 16.5. The first-order valence-electron chi connectivity index (χ1n) is 6.18. The fourth-order valence-corrected chi connectivity index (χ4v) is 1.88. The Bertz CT molecular complexity index is 374. The summed E-state index contributed by atoms with van der Waals surface area (Å²) < 4.78 is 11.0. The molecule has 1 aromatic rings. The van der Waals surface area contributed by atoms with Gasteiger partial charge in [0.1, 0.15) is 5.75 Å². The second kappa shape index (κ2) is 5.52. The molecule has 1 unspecified atom stereocenters. The topological polar surface area (TPSA) is 44.5 Å². The Kier molecular flexibility index (Phi) is 4.02. The highest BCUT2D eigenvalue weighted by Gasteiger charge is 2.22. The summed E-state index contributed by atoms with van der Waals surface area (Å²) in [4.78, 5) is 0. The maximum absolute atomic E-state index is 6.14. The molecule has 1 aliphatic rings. The zero-order valence-corrected chi connectivity index (χ0v) is 10.6. The van der Waals surface area contributed by atoms with Crippen molar-refractivity contribution in [1.29, 1.82) is 0 Å². The third kappa shape index (κ3) is 3.45. The number of aryl methyl sites for hydroxylation is 1. The van der Waals surface area contributed by atoms with Gasteiger partial charge < -0.3 is 15.2 Å². The van der Waals surface area contributed by atoms with Crippen molar-refractivity contribution in [3.05, 3.63) is 29.3 Å². The van der Waals surface area contributed by atoms with Crippen molar-refractivity contribution in [2.75, 3.05) is 20.3 Å². The average molecular weight is 235 g/mol. The molecule has 2 N–H and O–H groups in total. The lowest BCUT2D eigenvalue weighted by molar-refractivity contribution is 0.111. The van der Waals surface area contributed by atoms with E-state index < -0.39 is 0 Å². The van der Waals surface area contributed by atoms with E-state index in [1.54, 1.807) is 7.11 Å². The third-order valence-corrected chi connectivity index (χ3v) is 3.13. The Morgan fingerprint density at radius 2 is 2.18 bits per heavy atom. The second-order valence-electron chi connectivity index (χ2n) is 4.83. The van der Waals surface area contributed by atoms with Crippen LogP contribution in [0.3, 0.4) is 0 Å². The van der Waals surface area contributed by atoms with Crippen molar-refractivity contribution in [2.24, 2.45) is 11.7 Å². The Hall–Kier alpha value is -1.06. The molecule has 0 saturated heterocycles. The monoisotopic (exact) mass is 235 g/mol. The smallest absolute Gasteiger partial charge is 0.123 e. The predicted molar refractivity (Wildman–Crippen MR) is 68.2 cm³/mol. The number of nitrogens with two attached hydrogens (primary N) is 1. The van der Waals surface area contributed by atoms with E-state index in [1.165, 1.54) is 18.4 Å². The van der Waals surface area contributed by atoms with Crippen molar-refractivity contribution in [3.8, 4) is 5.75 Å². The van der Waals surface area contributed by atoms with E-state index in [4.69, 9.17) is 15.2 Å². The van der Waals surface area contributed by atoms with Gasteiger partial charge in [0, 0.05) is 12.2 Å². The number of hydrogen-bond donors (Lipinski definition) is 1. The van der Waals surface area contributed by atoms with Crippen LogP contribution >= 0.6 is 0 Å². The van der Waals surface area contributed by atoms with E-state index >= 15 is 0 Å². The van der Waals surface area contributed by atoms with Crippen LogP contribution in [0.5, 0.6) is 5.75 Å². The molecule has 0 heterocycles. The van der Waals surface area contributed by atoms with Gasteiger partial charge in [-0.2, -0.15) is 0 Å². The van der Waals surface area contributed by atoms with Gasteiger partial charge in [0.05, 0.1) is 19.8 Å². The van der Waals surface area contributed by atoms with Gasteiger partial charge in [0.15, 0.2) is 0 Å². The maximum atomic E-state index is 6.14. The predicted octanol–water partition coefficient (Wildman–Crippen LogP) is 2.43. The van der Waals surface area contributed by atoms with Crippen LogP contribution in [0.2, 0.25) is 0 Å². The van der Waals surface area contributed by atoms with Crippen molar-refractivity contribution in [1.82, 2.24) is 0 Å². The Morgan fingerprint density at radius 3 is 2.82 bits per heavy atom. The molecule has 0 amide bonds. The van der Waals surface area contributed by atoms with Crippen molar-refractivity contribution < 1.29 is 9.47 Å².